The quantitative estimate of drug-likeness (QED) is 0.419. The molecule has 0 atom stereocenters. The molecule has 0 spiro atoms. The Morgan fingerprint density at radius 1 is 1.10 bits per heavy atom. The summed E-state index contributed by atoms with van der Waals surface area (Å²) in [7, 11) is 1.54. The van der Waals surface area contributed by atoms with Gasteiger partial charge in [-0.25, -0.2) is 4.68 Å². The molecule has 2 aromatic carbocycles. The Labute approximate surface area is 179 Å². The van der Waals surface area contributed by atoms with E-state index in [4.69, 9.17) is 21.1 Å². The van der Waals surface area contributed by atoms with Crippen molar-refractivity contribution in [3.8, 4) is 16.9 Å². The first-order valence-electron chi connectivity index (χ1n) is 9.38. The van der Waals surface area contributed by atoms with Crippen LogP contribution in [0.15, 0.2) is 60.8 Å². The van der Waals surface area contributed by atoms with Crippen LogP contribution in [0.2, 0.25) is 5.02 Å². The zero-order chi connectivity index (χ0) is 21.3. The van der Waals surface area contributed by atoms with E-state index < -0.39 is 5.97 Å². The molecule has 156 valence electrons. The van der Waals surface area contributed by atoms with Gasteiger partial charge in [-0.1, -0.05) is 41.9 Å². The second-order valence-corrected chi connectivity index (χ2v) is 6.91. The van der Waals surface area contributed by atoms with Crippen LogP contribution in [0.1, 0.15) is 5.56 Å². The maximum Gasteiger partial charge on any atom is 0.310 e. The molecule has 0 radical (unpaired) electrons. The molecule has 7 nitrogen and oxygen atoms in total. The highest BCUT2D eigenvalue weighted by molar-refractivity contribution is 6.30. The van der Waals surface area contributed by atoms with Crippen molar-refractivity contribution in [1.82, 2.24) is 15.1 Å². The first-order valence-corrected chi connectivity index (χ1v) is 9.76. The van der Waals surface area contributed by atoms with Crippen molar-refractivity contribution >= 4 is 23.5 Å². The van der Waals surface area contributed by atoms with E-state index >= 15 is 0 Å². The molecular weight excluding hydrogens is 406 g/mol. The number of hydrogen-bond acceptors (Lipinski definition) is 5. The van der Waals surface area contributed by atoms with E-state index in [-0.39, 0.29) is 18.9 Å². The molecule has 0 aliphatic heterocycles. The topological polar surface area (TPSA) is 82.5 Å². The van der Waals surface area contributed by atoms with E-state index in [1.165, 1.54) is 0 Å². The van der Waals surface area contributed by atoms with Crippen LogP contribution < -0.4 is 5.32 Å². The molecule has 0 bridgehead atoms. The number of para-hydroxylation sites is 1. The summed E-state index contributed by atoms with van der Waals surface area (Å²) in [6.45, 7) is 0.409. The maximum atomic E-state index is 12.3. The van der Waals surface area contributed by atoms with Crippen molar-refractivity contribution in [1.29, 1.82) is 0 Å². The molecule has 0 unspecified atom stereocenters. The lowest BCUT2D eigenvalue weighted by atomic mass is 10.1. The van der Waals surface area contributed by atoms with Crippen LogP contribution in [-0.4, -0.2) is 48.5 Å². The molecule has 0 aliphatic carbocycles. The number of nitrogens with zero attached hydrogens (tertiary/aromatic N) is 2. The van der Waals surface area contributed by atoms with E-state index in [9.17, 15) is 9.59 Å². The lowest BCUT2D eigenvalue weighted by Crippen LogP contribution is -2.31. The summed E-state index contributed by atoms with van der Waals surface area (Å²) in [5.74, 6) is -0.891. The van der Waals surface area contributed by atoms with Crippen LogP contribution >= 0.6 is 11.6 Å². The number of halogens is 1. The third kappa shape index (κ3) is 5.92. The monoisotopic (exact) mass is 427 g/mol. The van der Waals surface area contributed by atoms with Crippen molar-refractivity contribution in [3.05, 3.63) is 71.4 Å². The number of carbonyl (C=O) groups excluding carboxylic acids is 2. The highest BCUT2D eigenvalue weighted by atomic mass is 35.5. The molecule has 3 aromatic rings. The van der Waals surface area contributed by atoms with E-state index in [2.05, 4.69) is 10.4 Å². The van der Waals surface area contributed by atoms with Crippen molar-refractivity contribution in [2.45, 2.75) is 6.42 Å². The molecule has 1 heterocycles. The second-order valence-electron chi connectivity index (χ2n) is 6.47. The minimum absolute atomic E-state index is 0.0177. The van der Waals surface area contributed by atoms with Gasteiger partial charge in [0.05, 0.1) is 24.4 Å². The SMILES string of the molecule is COCCNC(=O)COC(=O)Cc1cn(-c2ccccc2)nc1-c1ccc(Cl)cc1. The van der Waals surface area contributed by atoms with Gasteiger partial charge in [0.2, 0.25) is 0 Å². The largest absolute Gasteiger partial charge is 0.455 e. The van der Waals surface area contributed by atoms with Crippen molar-refractivity contribution in [2.24, 2.45) is 0 Å². The predicted octanol–water partition coefficient (Wildman–Crippen LogP) is 3.04. The van der Waals surface area contributed by atoms with Gasteiger partial charge < -0.3 is 14.8 Å². The van der Waals surface area contributed by atoms with E-state index in [0.29, 0.717) is 29.4 Å². The number of methoxy groups -OCH3 is 1. The highest BCUT2D eigenvalue weighted by Gasteiger charge is 2.17. The van der Waals surface area contributed by atoms with E-state index in [1.807, 2.05) is 42.5 Å². The number of aromatic nitrogens is 2. The molecule has 1 amide bonds. The second kappa shape index (κ2) is 10.6. The maximum absolute atomic E-state index is 12.3. The number of carbonyl (C=O) groups is 2. The zero-order valence-electron chi connectivity index (χ0n) is 16.5. The zero-order valence-corrected chi connectivity index (χ0v) is 17.3. The highest BCUT2D eigenvalue weighted by Crippen LogP contribution is 2.26. The summed E-state index contributed by atoms with van der Waals surface area (Å²) < 4.78 is 11.7. The third-order valence-electron chi connectivity index (χ3n) is 4.26. The lowest BCUT2D eigenvalue weighted by Gasteiger charge is -2.06. The molecule has 30 heavy (non-hydrogen) atoms. The van der Waals surface area contributed by atoms with Crippen molar-refractivity contribution in [3.63, 3.8) is 0 Å². The predicted molar refractivity (Wildman–Crippen MR) is 114 cm³/mol. The van der Waals surface area contributed by atoms with Gasteiger partial charge in [0, 0.05) is 36.0 Å². The fraction of sp³-hybridized carbons (Fsp3) is 0.227. The van der Waals surface area contributed by atoms with Gasteiger partial charge in [-0.2, -0.15) is 5.10 Å². The molecule has 8 heteroatoms. The fourth-order valence-electron chi connectivity index (χ4n) is 2.80. The number of amides is 1. The Morgan fingerprint density at radius 3 is 2.53 bits per heavy atom. The first kappa shape index (κ1) is 21.5. The Kier molecular flexibility index (Phi) is 7.59. The summed E-state index contributed by atoms with van der Waals surface area (Å²) in [4.78, 5) is 24.1. The number of nitrogens with one attached hydrogen (secondary N) is 1. The van der Waals surface area contributed by atoms with Gasteiger partial charge in [-0.15, -0.1) is 0 Å². The summed E-state index contributed by atoms with van der Waals surface area (Å²) >= 11 is 6.00. The van der Waals surface area contributed by atoms with Gasteiger partial charge in [0.1, 0.15) is 0 Å². The molecule has 0 saturated heterocycles. The summed E-state index contributed by atoms with van der Waals surface area (Å²) in [6.07, 6.45) is 1.77. The van der Waals surface area contributed by atoms with E-state index in [1.54, 1.807) is 30.1 Å². The normalized spacial score (nSPS) is 10.6. The van der Waals surface area contributed by atoms with Crippen molar-refractivity contribution in [2.75, 3.05) is 26.9 Å². The van der Waals surface area contributed by atoms with Gasteiger partial charge in [-0.3, -0.25) is 9.59 Å². The Balaban J connectivity index is 1.75. The average Bonchev–Trinajstić information content (AvgIpc) is 3.17. The molecular formula is C22H22ClN3O4. The molecule has 1 aromatic heterocycles. The van der Waals surface area contributed by atoms with Gasteiger partial charge in [0.15, 0.2) is 6.61 Å². The van der Waals surface area contributed by atoms with Crippen LogP contribution in [0.4, 0.5) is 0 Å². The standard InChI is InChI=1S/C22H22ClN3O4/c1-29-12-11-24-20(27)15-30-21(28)13-17-14-26(19-5-3-2-4-6-19)25-22(17)16-7-9-18(23)10-8-16/h2-10,14H,11-13,15H2,1H3,(H,24,27). The lowest BCUT2D eigenvalue weighted by molar-refractivity contribution is -0.147. The first-order chi connectivity index (χ1) is 14.6. The molecule has 1 N–H and O–H groups in total. The molecule has 0 aliphatic rings. The van der Waals surface area contributed by atoms with E-state index in [0.717, 1.165) is 11.3 Å². The summed E-state index contributed by atoms with van der Waals surface area (Å²) in [6, 6.07) is 16.8. The Bertz CT molecular complexity index is 987. The molecule has 0 fully saturated rings. The average molecular weight is 428 g/mol. The molecule has 3 rings (SSSR count). The number of esters is 1. The number of rotatable bonds is 9. The number of benzene rings is 2. The van der Waals surface area contributed by atoms with Crippen molar-refractivity contribution < 1.29 is 19.1 Å². The smallest absolute Gasteiger partial charge is 0.310 e. The van der Waals surface area contributed by atoms with Crippen LogP contribution in [0, 0.1) is 0 Å². The third-order valence-corrected chi connectivity index (χ3v) is 4.51. The number of ether oxygens (including phenoxy) is 2. The van der Waals surface area contributed by atoms with Crippen LogP contribution in [-0.2, 0) is 25.5 Å². The van der Waals surface area contributed by atoms with Crippen LogP contribution in [0.25, 0.3) is 16.9 Å². The Hall–Kier alpha value is -3.16. The van der Waals surface area contributed by atoms with Gasteiger partial charge in [-0.05, 0) is 24.3 Å². The summed E-state index contributed by atoms with van der Waals surface area (Å²) in [5.41, 5.74) is 3.03. The molecule has 0 saturated carbocycles. The van der Waals surface area contributed by atoms with Gasteiger partial charge in [0.25, 0.3) is 5.91 Å². The number of hydrogen-bond donors (Lipinski definition) is 1. The van der Waals surface area contributed by atoms with Crippen LogP contribution in [0.3, 0.4) is 0 Å². The Morgan fingerprint density at radius 2 is 1.83 bits per heavy atom. The fourth-order valence-corrected chi connectivity index (χ4v) is 2.92. The summed E-state index contributed by atoms with van der Waals surface area (Å²) in [5, 5.41) is 7.86. The van der Waals surface area contributed by atoms with Gasteiger partial charge >= 0.3 is 5.97 Å². The minimum atomic E-state index is -0.514. The minimum Gasteiger partial charge on any atom is -0.455 e. The van der Waals surface area contributed by atoms with Crippen LogP contribution in [0.5, 0.6) is 0 Å².